The quantitative estimate of drug-likeness (QED) is 0.497. The topological polar surface area (TPSA) is 87.8 Å². The average molecular weight is 248 g/mol. The molecule has 7 heteroatoms. The Balaban J connectivity index is 2.04. The second-order valence-corrected chi connectivity index (χ2v) is 3.80. The Kier molecular flexibility index (Phi) is 3.52. The third kappa shape index (κ3) is 2.82. The summed E-state index contributed by atoms with van der Waals surface area (Å²) in [7, 11) is 0. The van der Waals surface area contributed by atoms with Gasteiger partial charge in [-0.2, -0.15) is 5.10 Å². The molecule has 1 aliphatic rings. The Labute approximate surface area is 103 Å². The first-order valence-electron chi connectivity index (χ1n) is 5.50. The zero-order valence-corrected chi connectivity index (χ0v) is 9.57. The van der Waals surface area contributed by atoms with Crippen molar-refractivity contribution in [1.29, 1.82) is 0 Å². The molecule has 2 rings (SSSR count). The third-order valence-electron chi connectivity index (χ3n) is 2.51. The molecule has 18 heavy (non-hydrogen) atoms. The van der Waals surface area contributed by atoms with E-state index in [1.165, 1.54) is 23.4 Å². The van der Waals surface area contributed by atoms with Crippen molar-refractivity contribution in [2.24, 2.45) is 5.10 Å². The number of carbonyl (C=O) groups is 1. The number of nitro groups is 1. The van der Waals surface area contributed by atoms with Crippen LogP contribution in [-0.4, -0.2) is 35.3 Å². The molecule has 1 N–H and O–H groups in total. The highest BCUT2D eigenvalue weighted by Gasteiger charge is 2.15. The van der Waals surface area contributed by atoms with Gasteiger partial charge in [0, 0.05) is 25.2 Å². The first-order chi connectivity index (χ1) is 8.66. The molecule has 1 aliphatic heterocycles. The van der Waals surface area contributed by atoms with Gasteiger partial charge in [-0.25, -0.2) is 9.80 Å². The third-order valence-corrected chi connectivity index (χ3v) is 2.51. The Morgan fingerprint density at radius 2 is 2.11 bits per heavy atom. The summed E-state index contributed by atoms with van der Waals surface area (Å²) in [5, 5.41) is 18.5. The fraction of sp³-hybridized carbons (Fsp3) is 0.273. The lowest BCUT2D eigenvalue weighted by molar-refractivity contribution is -0.384. The molecule has 0 saturated carbocycles. The van der Waals surface area contributed by atoms with Crippen LogP contribution < -0.4 is 5.32 Å². The first-order valence-corrected chi connectivity index (χ1v) is 5.50. The van der Waals surface area contributed by atoms with E-state index in [0.717, 1.165) is 6.42 Å². The van der Waals surface area contributed by atoms with E-state index in [1.807, 2.05) is 0 Å². The van der Waals surface area contributed by atoms with Gasteiger partial charge in [0.1, 0.15) is 0 Å². The standard InChI is InChI=1S/C11H12N4O3/c16-11-12-6-1-7-14(11)13-8-9-2-4-10(5-3-9)15(17)18/h2-5,8H,1,6-7H2,(H,12,16)/b13-8+. The van der Waals surface area contributed by atoms with E-state index in [2.05, 4.69) is 10.4 Å². The van der Waals surface area contributed by atoms with E-state index in [4.69, 9.17) is 0 Å². The summed E-state index contributed by atoms with van der Waals surface area (Å²) in [6.45, 7) is 1.25. The number of hydrazone groups is 1. The van der Waals surface area contributed by atoms with Gasteiger partial charge < -0.3 is 5.32 Å². The van der Waals surface area contributed by atoms with E-state index in [0.29, 0.717) is 18.7 Å². The van der Waals surface area contributed by atoms with Crippen LogP contribution in [0, 0.1) is 10.1 Å². The molecule has 0 radical (unpaired) electrons. The van der Waals surface area contributed by atoms with E-state index in [-0.39, 0.29) is 11.7 Å². The molecular weight excluding hydrogens is 236 g/mol. The molecule has 94 valence electrons. The lowest BCUT2D eigenvalue weighted by atomic mass is 10.2. The molecule has 2 amide bonds. The SMILES string of the molecule is O=C1NCCCN1/N=C/c1ccc([N+](=O)[O-])cc1. The minimum atomic E-state index is -0.459. The number of rotatable bonds is 3. The Morgan fingerprint density at radius 1 is 1.39 bits per heavy atom. The van der Waals surface area contributed by atoms with E-state index >= 15 is 0 Å². The average Bonchev–Trinajstić information content (AvgIpc) is 2.38. The van der Waals surface area contributed by atoms with E-state index < -0.39 is 4.92 Å². The van der Waals surface area contributed by atoms with Gasteiger partial charge in [0.15, 0.2) is 0 Å². The number of carbonyl (C=O) groups excluding carboxylic acids is 1. The summed E-state index contributed by atoms with van der Waals surface area (Å²) in [5.41, 5.74) is 0.738. The molecule has 1 aromatic rings. The van der Waals surface area contributed by atoms with Gasteiger partial charge in [0.2, 0.25) is 0 Å². The van der Waals surface area contributed by atoms with Crippen LogP contribution in [0.4, 0.5) is 10.5 Å². The van der Waals surface area contributed by atoms with Gasteiger partial charge >= 0.3 is 6.03 Å². The molecule has 1 aromatic carbocycles. The van der Waals surface area contributed by atoms with Crippen LogP contribution in [0.15, 0.2) is 29.4 Å². The highest BCUT2D eigenvalue weighted by atomic mass is 16.6. The molecule has 7 nitrogen and oxygen atoms in total. The maximum Gasteiger partial charge on any atom is 0.337 e. The van der Waals surface area contributed by atoms with Crippen LogP contribution in [-0.2, 0) is 0 Å². The van der Waals surface area contributed by atoms with Crippen LogP contribution in [0.5, 0.6) is 0 Å². The number of nitrogens with one attached hydrogen (secondary N) is 1. The summed E-state index contributed by atoms with van der Waals surface area (Å²) in [4.78, 5) is 21.4. The van der Waals surface area contributed by atoms with Gasteiger partial charge in [-0.1, -0.05) is 0 Å². The monoisotopic (exact) mass is 248 g/mol. The summed E-state index contributed by atoms with van der Waals surface area (Å²) in [6, 6.07) is 5.75. The number of nitrogens with zero attached hydrogens (tertiary/aromatic N) is 3. The number of hydrogen-bond donors (Lipinski definition) is 1. The number of urea groups is 1. The number of hydrogen-bond acceptors (Lipinski definition) is 4. The van der Waals surface area contributed by atoms with E-state index in [9.17, 15) is 14.9 Å². The van der Waals surface area contributed by atoms with Crippen molar-refractivity contribution in [2.45, 2.75) is 6.42 Å². The number of nitro benzene ring substituents is 1. The molecule has 1 heterocycles. The normalized spacial score (nSPS) is 15.8. The Hall–Kier alpha value is -2.44. The van der Waals surface area contributed by atoms with Crippen LogP contribution in [0.1, 0.15) is 12.0 Å². The lowest BCUT2D eigenvalue weighted by Gasteiger charge is -2.22. The van der Waals surface area contributed by atoms with Crippen molar-refractivity contribution in [3.8, 4) is 0 Å². The van der Waals surface area contributed by atoms with Gasteiger partial charge in [0.05, 0.1) is 11.1 Å². The highest BCUT2D eigenvalue weighted by Crippen LogP contribution is 2.10. The van der Waals surface area contributed by atoms with Crippen molar-refractivity contribution in [3.63, 3.8) is 0 Å². The Morgan fingerprint density at radius 3 is 2.72 bits per heavy atom. The molecule has 0 bridgehead atoms. The molecule has 0 aliphatic carbocycles. The molecule has 1 fully saturated rings. The molecule has 0 spiro atoms. The van der Waals surface area contributed by atoms with Gasteiger partial charge in [-0.3, -0.25) is 10.1 Å². The maximum absolute atomic E-state index is 11.4. The minimum absolute atomic E-state index is 0.0304. The fourth-order valence-corrected chi connectivity index (χ4v) is 1.55. The minimum Gasteiger partial charge on any atom is -0.336 e. The summed E-state index contributed by atoms with van der Waals surface area (Å²) in [5.74, 6) is 0. The smallest absolute Gasteiger partial charge is 0.336 e. The van der Waals surface area contributed by atoms with Crippen molar-refractivity contribution < 1.29 is 9.72 Å². The predicted octanol–water partition coefficient (Wildman–Crippen LogP) is 1.34. The molecule has 1 saturated heterocycles. The second-order valence-electron chi connectivity index (χ2n) is 3.80. The summed E-state index contributed by atoms with van der Waals surface area (Å²) < 4.78 is 0. The molecular formula is C11H12N4O3. The molecule has 0 atom stereocenters. The molecule has 0 aromatic heterocycles. The Bertz CT molecular complexity index is 484. The van der Waals surface area contributed by atoms with Crippen LogP contribution in [0.25, 0.3) is 0 Å². The fourth-order valence-electron chi connectivity index (χ4n) is 1.55. The summed E-state index contributed by atoms with van der Waals surface area (Å²) in [6.07, 6.45) is 2.36. The zero-order valence-electron chi connectivity index (χ0n) is 9.57. The number of benzene rings is 1. The second kappa shape index (κ2) is 5.26. The van der Waals surface area contributed by atoms with Crippen molar-refractivity contribution in [3.05, 3.63) is 39.9 Å². The zero-order chi connectivity index (χ0) is 13.0. The van der Waals surface area contributed by atoms with Crippen molar-refractivity contribution in [2.75, 3.05) is 13.1 Å². The summed E-state index contributed by atoms with van der Waals surface area (Å²) >= 11 is 0. The van der Waals surface area contributed by atoms with Crippen LogP contribution in [0.2, 0.25) is 0 Å². The molecule has 0 unspecified atom stereocenters. The predicted molar refractivity (Wildman–Crippen MR) is 65.4 cm³/mol. The van der Waals surface area contributed by atoms with Gasteiger partial charge in [0.25, 0.3) is 5.69 Å². The lowest BCUT2D eigenvalue weighted by Crippen LogP contribution is -2.43. The van der Waals surface area contributed by atoms with Crippen LogP contribution >= 0.6 is 0 Å². The number of non-ortho nitro benzene ring substituents is 1. The first kappa shape index (κ1) is 12.0. The van der Waals surface area contributed by atoms with Crippen molar-refractivity contribution >= 4 is 17.9 Å². The largest absolute Gasteiger partial charge is 0.337 e. The maximum atomic E-state index is 11.4. The van der Waals surface area contributed by atoms with Gasteiger partial charge in [-0.05, 0) is 24.1 Å². The van der Waals surface area contributed by atoms with Crippen molar-refractivity contribution in [1.82, 2.24) is 10.3 Å². The van der Waals surface area contributed by atoms with E-state index in [1.54, 1.807) is 12.1 Å². The highest BCUT2D eigenvalue weighted by molar-refractivity contribution is 5.82. The number of amides is 2. The van der Waals surface area contributed by atoms with Crippen LogP contribution in [0.3, 0.4) is 0 Å². The van der Waals surface area contributed by atoms with Gasteiger partial charge in [-0.15, -0.1) is 0 Å².